The molecule has 0 radical (unpaired) electrons. The van der Waals surface area contributed by atoms with Crippen molar-refractivity contribution in [1.29, 1.82) is 0 Å². The third-order valence-corrected chi connectivity index (χ3v) is 8.66. The Morgan fingerprint density at radius 1 is 1.00 bits per heavy atom. The Bertz CT molecular complexity index is 362. The van der Waals surface area contributed by atoms with Crippen molar-refractivity contribution in [3.05, 3.63) is 0 Å². The van der Waals surface area contributed by atoms with Gasteiger partial charge in [-0.3, -0.25) is 0 Å². The van der Waals surface area contributed by atoms with Crippen LogP contribution in [0.25, 0.3) is 0 Å². The fourth-order valence-corrected chi connectivity index (χ4v) is 9.32. The van der Waals surface area contributed by atoms with Crippen LogP contribution in [0.4, 0.5) is 0 Å². The van der Waals surface area contributed by atoms with Crippen molar-refractivity contribution in [3.63, 3.8) is 0 Å². The smallest absolute Gasteiger partial charge is 0.266 e. The van der Waals surface area contributed by atoms with E-state index in [4.69, 9.17) is 0 Å². The summed E-state index contributed by atoms with van der Waals surface area (Å²) in [4.78, 5) is 38.5. The largest absolute Gasteiger partial charge is 0.333 e. The lowest BCUT2D eigenvalue weighted by Crippen LogP contribution is -2.40. The number of rotatable bonds is 3. The second-order valence-electron chi connectivity index (χ2n) is 4.69. The second-order valence-corrected chi connectivity index (χ2v) is 10.8. The molecule has 0 atom stereocenters. The van der Waals surface area contributed by atoms with Gasteiger partial charge in [0.05, 0.1) is 0 Å². The molecule has 2 fully saturated rings. The molecule has 5 nitrogen and oxygen atoms in total. The van der Waals surface area contributed by atoms with Gasteiger partial charge in [0.1, 0.15) is 0 Å². The Hall–Kier alpha value is 1.10. The lowest BCUT2D eigenvalue weighted by atomic mass is 9.95. The average molecular weight is 303 g/mol. The summed E-state index contributed by atoms with van der Waals surface area (Å²) < 4.78 is 0.907. The van der Waals surface area contributed by atoms with Crippen molar-refractivity contribution >= 4 is 36.9 Å². The van der Waals surface area contributed by atoms with Gasteiger partial charge in [0.15, 0.2) is 0 Å². The normalized spacial score (nSPS) is 34.9. The minimum atomic E-state index is -3.89. The van der Waals surface area contributed by atoms with E-state index < -0.39 is 18.8 Å². The molecule has 0 amide bonds. The van der Waals surface area contributed by atoms with E-state index in [2.05, 4.69) is 23.6 Å². The van der Waals surface area contributed by atoms with Gasteiger partial charge in [-0.25, -0.2) is 0 Å². The van der Waals surface area contributed by atoms with Gasteiger partial charge >= 0.3 is 0 Å². The first kappa shape index (κ1) is 13.5. The SMILES string of the molecule is OP(O)(=S)N(C12CCC(CC1)C2)P(O)(O)=S. The fourth-order valence-electron chi connectivity index (χ4n) is 3.15. The molecule has 2 aliphatic rings. The highest BCUT2D eigenvalue weighted by Gasteiger charge is 2.56. The zero-order valence-electron chi connectivity index (χ0n) is 8.56. The highest BCUT2D eigenvalue weighted by atomic mass is 32.5. The number of hydrogen-bond acceptors (Lipinski definition) is 2. The molecule has 0 aromatic heterocycles. The van der Waals surface area contributed by atoms with Crippen molar-refractivity contribution in [3.8, 4) is 0 Å². The maximum absolute atomic E-state index is 9.64. The average Bonchev–Trinajstić information content (AvgIpc) is 2.56. The van der Waals surface area contributed by atoms with E-state index in [-0.39, 0.29) is 0 Å². The van der Waals surface area contributed by atoms with E-state index in [1.165, 1.54) is 0 Å². The summed E-state index contributed by atoms with van der Waals surface area (Å²) in [5.41, 5.74) is -0.581. The first-order chi connectivity index (χ1) is 7.15. The van der Waals surface area contributed by atoms with Crippen LogP contribution in [0.15, 0.2) is 0 Å². The molecule has 0 aliphatic heterocycles. The first-order valence-electron chi connectivity index (χ1n) is 5.07. The summed E-state index contributed by atoms with van der Waals surface area (Å²) in [6.45, 7) is -7.78. The molecule has 2 aliphatic carbocycles. The predicted molar refractivity (Wildman–Crippen MR) is 68.6 cm³/mol. The molecule has 0 aromatic carbocycles. The Morgan fingerprint density at radius 2 is 1.44 bits per heavy atom. The van der Waals surface area contributed by atoms with Crippen molar-refractivity contribution in [2.24, 2.45) is 5.92 Å². The molecular weight excluding hydrogens is 288 g/mol. The van der Waals surface area contributed by atoms with E-state index in [1.54, 1.807) is 0 Å². The third-order valence-electron chi connectivity index (χ3n) is 3.62. The summed E-state index contributed by atoms with van der Waals surface area (Å²) in [6.07, 6.45) is 4.13. The monoisotopic (exact) mass is 303 g/mol. The molecule has 2 rings (SSSR count). The quantitative estimate of drug-likeness (QED) is 0.580. The highest BCUT2D eigenvalue weighted by Crippen LogP contribution is 2.69. The second kappa shape index (κ2) is 4.05. The van der Waals surface area contributed by atoms with Gasteiger partial charge in [-0.2, -0.15) is 4.44 Å². The molecule has 9 heteroatoms. The van der Waals surface area contributed by atoms with E-state index in [0.717, 1.165) is 36.5 Å². The van der Waals surface area contributed by atoms with Crippen LogP contribution in [0.5, 0.6) is 0 Å². The zero-order chi connectivity index (χ0) is 12.2. The first-order valence-corrected chi connectivity index (χ1v) is 10.4. The van der Waals surface area contributed by atoms with Crippen LogP contribution in [-0.2, 0) is 23.6 Å². The van der Waals surface area contributed by atoms with E-state index in [9.17, 15) is 19.6 Å². The molecular formula is C7H15NO4P2S2. The van der Waals surface area contributed by atoms with Crippen LogP contribution in [0.2, 0.25) is 0 Å². The van der Waals surface area contributed by atoms with Crippen LogP contribution in [-0.4, -0.2) is 29.6 Å². The van der Waals surface area contributed by atoms with E-state index in [1.807, 2.05) is 0 Å². The molecule has 0 heterocycles. The molecule has 16 heavy (non-hydrogen) atoms. The van der Waals surface area contributed by atoms with Crippen LogP contribution < -0.4 is 0 Å². The van der Waals surface area contributed by atoms with E-state index >= 15 is 0 Å². The Balaban J connectivity index is 2.41. The molecule has 2 bridgehead atoms. The Morgan fingerprint density at radius 3 is 1.69 bits per heavy atom. The van der Waals surface area contributed by atoms with Crippen LogP contribution in [0.3, 0.4) is 0 Å². The molecule has 0 aromatic rings. The van der Waals surface area contributed by atoms with Gasteiger partial charge in [-0.1, -0.05) is 0 Å². The van der Waals surface area contributed by atoms with Gasteiger partial charge in [0.2, 0.25) is 0 Å². The Kier molecular flexibility index (Phi) is 3.43. The molecule has 2 saturated carbocycles. The number of fused-ring (bicyclic) bond motifs is 2. The van der Waals surface area contributed by atoms with Crippen molar-refractivity contribution in [1.82, 2.24) is 4.44 Å². The maximum Gasteiger partial charge on any atom is 0.266 e. The van der Waals surface area contributed by atoms with Gasteiger partial charge in [-0.05, 0) is 61.6 Å². The van der Waals surface area contributed by atoms with Gasteiger partial charge in [0.25, 0.3) is 13.3 Å². The third kappa shape index (κ3) is 2.30. The van der Waals surface area contributed by atoms with Crippen molar-refractivity contribution in [2.45, 2.75) is 37.6 Å². The highest BCUT2D eigenvalue weighted by molar-refractivity contribution is 8.16. The summed E-state index contributed by atoms with van der Waals surface area (Å²) in [7, 11) is 0. The molecule has 94 valence electrons. The van der Waals surface area contributed by atoms with E-state index in [0.29, 0.717) is 5.92 Å². The standard InChI is InChI=1S/C7H15NO4P2S2/c9-13(10,15)8(14(11,12)16)7-3-1-6(5-7)2-4-7/h6H,1-5H2,(H2,9,10,15)(H2,11,12,16). The summed E-state index contributed by atoms with van der Waals surface area (Å²) in [5.74, 6) is 0.533. The lowest BCUT2D eigenvalue weighted by molar-refractivity contribution is 0.223. The van der Waals surface area contributed by atoms with Crippen molar-refractivity contribution in [2.75, 3.05) is 0 Å². The maximum atomic E-state index is 9.64. The summed E-state index contributed by atoms with van der Waals surface area (Å²) >= 11 is 9.27. The topological polar surface area (TPSA) is 84.2 Å². The number of nitrogens with zero attached hydrogens (tertiary/aromatic N) is 1. The van der Waals surface area contributed by atoms with Crippen LogP contribution in [0, 0.1) is 5.92 Å². The summed E-state index contributed by atoms with van der Waals surface area (Å²) in [6, 6.07) is 0. The fraction of sp³-hybridized carbons (Fsp3) is 1.00. The van der Waals surface area contributed by atoms with Crippen LogP contribution in [0.1, 0.15) is 32.1 Å². The lowest BCUT2D eigenvalue weighted by Gasteiger charge is -2.42. The summed E-state index contributed by atoms with van der Waals surface area (Å²) in [5, 5.41) is 0. The molecule has 0 spiro atoms. The van der Waals surface area contributed by atoms with Gasteiger partial charge < -0.3 is 19.6 Å². The van der Waals surface area contributed by atoms with Crippen LogP contribution >= 0.6 is 13.3 Å². The number of hydrogen-bond donors (Lipinski definition) is 4. The zero-order valence-corrected chi connectivity index (χ0v) is 12.0. The minimum Gasteiger partial charge on any atom is -0.333 e. The van der Waals surface area contributed by atoms with Gasteiger partial charge in [0, 0.05) is 5.54 Å². The predicted octanol–water partition coefficient (Wildman–Crippen LogP) is 1.04. The van der Waals surface area contributed by atoms with Gasteiger partial charge in [-0.15, -0.1) is 0 Å². The molecule has 0 saturated heterocycles. The molecule has 4 N–H and O–H groups in total. The molecule has 0 unspecified atom stereocenters. The Labute approximate surface area is 105 Å². The van der Waals surface area contributed by atoms with Crippen molar-refractivity contribution < 1.29 is 19.6 Å². The minimum absolute atomic E-state index is 0.533.